The molecule has 6 unspecified atom stereocenters. The Labute approximate surface area is 179 Å². The molecule has 0 radical (unpaired) electrons. The molecule has 0 spiro atoms. The molecule has 1 heterocycles. The molecule has 0 amide bonds. The van der Waals surface area contributed by atoms with E-state index in [1.54, 1.807) is 0 Å². The van der Waals surface area contributed by atoms with Crippen LogP contribution in [0, 0.1) is 23.7 Å². The lowest BCUT2D eigenvalue weighted by molar-refractivity contribution is -0.169. The third-order valence-corrected chi connectivity index (χ3v) is 8.81. The second-order valence-electron chi connectivity index (χ2n) is 9.74. The number of thiol groups is 2. The quantitative estimate of drug-likeness (QED) is 0.545. The van der Waals surface area contributed by atoms with Gasteiger partial charge in [0, 0.05) is 11.9 Å². The standard InChI is InChI=1S/C22H36F2O2S2/c23-20-18(11-16-7-10-19(28)26-22(16)21(20)24)25-12-13-1-3-14(4-2-13)15-5-8-17(27)9-6-15/h13-22,27-28H,1-12H2. The van der Waals surface area contributed by atoms with Crippen molar-refractivity contribution in [3.63, 3.8) is 0 Å². The molecule has 4 rings (SSSR count). The van der Waals surface area contributed by atoms with E-state index >= 15 is 0 Å². The molecule has 6 heteroatoms. The monoisotopic (exact) mass is 434 g/mol. The molecule has 0 aromatic rings. The first-order valence-corrected chi connectivity index (χ1v) is 12.5. The van der Waals surface area contributed by atoms with Crippen molar-refractivity contribution in [1.29, 1.82) is 0 Å². The van der Waals surface area contributed by atoms with Crippen molar-refractivity contribution in [2.75, 3.05) is 6.61 Å². The topological polar surface area (TPSA) is 18.5 Å². The van der Waals surface area contributed by atoms with Gasteiger partial charge in [-0.2, -0.15) is 12.6 Å². The van der Waals surface area contributed by atoms with Gasteiger partial charge in [0.2, 0.25) is 0 Å². The number of rotatable bonds is 4. The summed E-state index contributed by atoms with van der Waals surface area (Å²) in [6, 6.07) is 0. The van der Waals surface area contributed by atoms with E-state index in [1.807, 2.05) is 0 Å². The fraction of sp³-hybridized carbons (Fsp3) is 1.00. The summed E-state index contributed by atoms with van der Waals surface area (Å²) in [5.41, 5.74) is -0.262. The zero-order valence-electron chi connectivity index (χ0n) is 16.7. The van der Waals surface area contributed by atoms with Gasteiger partial charge in [0.25, 0.3) is 0 Å². The molecule has 6 atom stereocenters. The van der Waals surface area contributed by atoms with Crippen LogP contribution in [0.3, 0.4) is 0 Å². The predicted octanol–water partition coefficient (Wildman–Crippen LogP) is 5.80. The van der Waals surface area contributed by atoms with Crippen molar-refractivity contribution in [2.45, 2.75) is 106 Å². The Bertz CT molecular complexity index is 493. The molecule has 4 aliphatic rings. The number of ether oxygens (including phenoxy) is 2. The van der Waals surface area contributed by atoms with Gasteiger partial charge in [0.15, 0.2) is 12.3 Å². The van der Waals surface area contributed by atoms with Crippen LogP contribution in [0.15, 0.2) is 0 Å². The van der Waals surface area contributed by atoms with Crippen molar-refractivity contribution in [2.24, 2.45) is 23.7 Å². The molecule has 3 saturated carbocycles. The van der Waals surface area contributed by atoms with Crippen LogP contribution in [-0.4, -0.2) is 41.8 Å². The lowest BCUT2D eigenvalue weighted by Gasteiger charge is -2.44. The molecular formula is C22H36F2O2S2. The Morgan fingerprint density at radius 2 is 1.36 bits per heavy atom. The highest BCUT2D eigenvalue weighted by Gasteiger charge is 2.49. The van der Waals surface area contributed by atoms with Crippen molar-refractivity contribution in [1.82, 2.24) is 0 Å². The summed E-state index contributed by atoms with van der Waals surface area (Å²) in [5, 5.41) is 0.609. The van der Waals surface area contributed by atoms with Gasteiger partial charge in [-0.25, -0.2) is 8.78 Å². The zero-order chi connectivity index (χ0) is 19.7. The first-order chi connectivity index (χ1) is 13.5. The van der Waals surface area contributed by atoms with Crippen LogP contribution in [0.4, 0.5) is 8.78 Å². The normalized spacial score (nSPS) is 50.1. The van der Waals surface area contributed by atoms with Crippen LogP contribution in [0.25, 0.3) is 0 Å². The highest BCUT2D eigenvalue weighted by molar-refractivity contribution is 7.81. The fourth-order valence-electron chi connectivity index (χ4n) is 6.10. The van der Waals surface area contributed by atoms with E-state index in [9.17, 15) is 8.78 Å². The van der Waals surface area contributed by atoms with Crippen LogP contribution in [0.1, 0.15) is 70.6 Å². The molecule has 0 aromatic heterocycles. The molecule has 2 nitrogen and oxygen atoms in total. The maximum absolute atomic E-state index is 14.6. The third kappa shape index (κ3) is 5.03. The predicted molar refractivity (Wildman–Crippen MR) is 115 cm³/mol. The van der Waals surface area contributed by atoms with E-state index in [2.05, 4.69) is 25.3 Å². The molecular weight excluding hydrogens is 398 g/mol. The van der Waals surface area contributed by atoms with Crippen LogP contribution in [0.5, 0.6) is 0 Å². The highest BCUT2D eigenvalue weighted by Crippen LogP contribution is 2.43. The fourth-order valence-corrected chi connectivity index (χ4v) is 6.69. The van der Waals surface area contributed by atoms with E-state index < -0.39 is 24.6 Å². The van der Waals surface area contributed by atoms with Gasteiger partial charge < -0.3 is 9.47 Å². The van der Waals surface area contributed by atoms with Gasteiger partial charge in [-0.3, -0.25) is 0 Å². The number of halogens is 2. The Hall–Kier alpha value is 0.480. The lowest BCUT2D eigenvalue weighted by Crippen LogP contribution is -2.54. The molecule has 0 bridgehead atoms. The summed E-state index contributed by atoms with van der Waals surface area (Å²) in [6.07, 6.45) is 7.90. The van der Waals surface area contributed by atoms with E-state index in [-0.39, 0.29) is 11.4 Å². The molecule has 0 N–H and O–H groups in total. The summed E-state index contributed by atoms with van der Waals surface area (Å²) in [4.78, 5) is 0. The van der Waals surface area contributed by atoms with Crippen LogP contribution >= 0.6 is 25.3 Å². The average molecular weight is 435 g/mol. The van der Waals surface area contributed by atoms with E-state index in [4.69, 9.17) is 9.47 Å². The summed E-state index contributed by atoms with van der Waals surface area (Å²) in [6.45, 7) is 0.585. The van der Waals surface area contributed by atoms with Crippen molar-refractivity contribution in [3.05, 3.63) is 0 Å². The minimum absolute atomic E-state index is 0.0631. The number of hydrogen-bond acceptors (Lipinski definition) is 4. The van der Waals surface area contributed by atoms with E-state index in [0.717, 1.165) is 24.7 Å². The number of alkyl halides is 2. The smallest absolute Gasteiger partial charge is 0.160 e. The van der Waals surface area contributed by atoms with Gasteiger partial charge in [-0.15, -0.1) is 12.6 Å². The molecule has 1 saturated heterocycles. The van der Waals surface area contributed by atoms with Crippen molar-refractivity contribution >= 4 is 25.3 Å². The van der Waals surface area contributed by atoms with Crippen LogP contribution in [-0.2, 0) is 9.47 Å². The van der Waals surface area contributed by atoms with Crippen LogP contribution < -0.4 is 0 Å². The van der Waals surface area contributed by atoms with Gasteiger partial charge in [-0.05, 0) is 94.3 Å². The largest absolute Gasteiger partial charge is 0.375 e. The SMILES string of the molecule is FC1C(OCC2CCC(C3CCC(S)CC3)CC2)CC2CCC(S)OC2C1F. The number of fused-ring (bicyclic) bond motifs is 1. The van der Waals surface area contributed by atoms with Crippen molar-refractivity contribution in [3.8, 4) is 0 Å². The van der Waals surface area contributed by atoms with Gasteiger partial charge >= 0.3 is 0 Å². The first kappa shape index (κ1) is 21.7. The van der Waals surface area contributed by atoms with E-state index in [0.29, 0.717) is 24.2 Å². The Kier molecular flexibility index (Phi) is 7.55. The molecule has 162 valence electrons. The summed E-state index contributed by atoms with van der Waals surface area (Å²) < 4.78 is 40.7. The third-order valence-electron chi connectivity index (χ3n) is 7.92. The summed E-state index contributed by atoms with van der Waals surface area (Å²) >= 11 is 8.90. The van der Waals surface area contributed by atoms with Crippen molar-refractivity contribution < 1.29 is 18.3 Å². The Balaban J connectivity index is 1.21. The highest BCUT2D eigenvalue weighted by atomic mass is 32.1. The number of hydrogen-bond donors (Lipinski definition) is 2. The Morgan fingerprint density at radius 1 is 0.750 bits per heavy atom. The average Bonchev–Trinajstić information content (AvgIpc) is 2.71. The minimum Gasteiger partial charge on any atom is -0.375 e. The van der Waals surface area contributed by atoms with E-state index in [1.165, 1.54) is 51.4 Å². The summed E-state index contributed by atoms with van der Waals surface area (Å²) in [5.74, 6) is 2.30. The van der Waals surface area contributed by atoms with Gasteiger partial charge in [0.1, 0.15) is 5.44 Å². The first-order valence-electron chi connectivity index (χ1n) is 11.4. The minimum atomic E-state index is -1.59. The lowest BCUT2D eigenvalue weighted by atomic mass is 9.71. The summed E-state index contributed by atoms with van der Waals surface area (Å²) in [7, 11) is 0. The maximum atomic E-state index is 14.6. The maximum Gasteiger partial charge on any atom is 0.160 e. The van der Waals surface area contributed by atoms with Gasteiger partial charge in [0.05, 0.1) is 12.2 Å². The molecule has 28 heavy (non-hydrogen) atoms. The van der Waals surface area contributed by atoms with Crippen LogP contribution in [0.2, 0.25) is 0 Å². The second kappa shape index (κ2) is 9.74. The molecule has 1 aliphatic heterocycles. The molecule has 3 aliphatic carbocycles. The zero-order valence-corrected chi connectivity index (χ0v) is 18.5. The molecule has 0 aromatic carbocycles. The Morgan fingerprint density at radius 3 is 2.04 bits per heavy atom. The second-order valence-corrected chi connectivity index (χ2v) is 11.0. The van der Waals surface area contributed by atoms with Gasteiger partial charge in [-0.1, -0.05) is 0 Å². The molecule has 4 fully saturated rings.